The summed E-state index contributed by atoms with van der Waals surface area (Å²) in [7, 11) is 0. The van der Waals surface area contributed by atoms with Gasteiger partial charge in [-0.1, -0.05) is 17.7 Å². The van der Waals surface area contributed by atoms with Crippen LogP contribution in [-0.2, 0) is 8.92 Å². The van der Waals surface area contributed by atoms with Crippen LogP contribution in [0, 0.1) is 20.8 Å². The molecular formula is C13H16O3S. The molecule has 1 unspecified atom stereocenters. The van der Waals surface area contributed by atoms with E-state index in [-0.39, 0.29) is 12.1 Å². The second-order valence-corrected chi connectivity index (χ2v) is 5.17. The van der Waals surface area contributed by atoms with Gasteiger partial charge < -0.3 is 8.92 Å². The molecule has 2 rings (SSSR count). The van der Waals surface area contributed by atoms with Crippen LogP contribution >= 0.6 is 12.0 Å². The second kappa shape index (κ2) is 5.10. The van der Waals surface area contributed by atoms with Gasteiger partial charge in [0.25, 0.3) is 0 Å². The third kappa shape index (κ3) is 2.82. The van der Waals surface area contributed by atoms with Crippen LogP contribution in [-0.4, -0.2) is 24.4 Å². The lowest BCUT2D eigenvalue weighted by Crippen LogP contribution is -2.21. The highest BCUT2D eigenvalue weighted by Crippen LogP contribution is 2.21. The van der Waals surface area contributed by atoms with Gasteiger partial charge in [-0.3, -0.25) is 0 Å². The molecule has 1 heterocycles. The van der Waals surface area contributed by atoms with Gasteiger partial charge in [0, 0.05) is 0 Å². The first kappa shape index (κ1) is 12.5. The Labute approximate surface area is 106 Å². The summed E-state index contributed by atoms with van der Waals surface area (Å²) in [6.45, 7) is 6.39. The quantitative estimate of drug-likeness (QED) is 0.599. The zero-order chi connectivity index (χ0) is 12.4. The number of carbonyl (C=O) groups is 1. The lowest BCUT2D eigenvalue weighted by molar-refractivity contribution is 0.0302. The first-order valence-corrected chi connectivity index (χ1v) is 6.52. The lowest BCUT2D eigenvalue weighted by Gasteiger charge is -2.13. The van der Waals surface area contributed by atoms with Gasteiger partial charge in [0.2, 0.25) is 0 Å². The van der Waals surface area contributed by atoms with E-state index < -0.39 is 0 Å². The Morgan fingerprint density at radius 2 is 2.00 bits per heavy atom. The van der Waals surface area contributed by atoms with E-state index in [0.29, 0.717) is 12.2 Å². The zero-order valence-electron chi connectivity index (χ0n) is 10.3. The molecule has 1 aromatic carbocycles. The Hall–Kier alpha value is -1.00. The molecule has 0 radical (unpaired) electrons. The Balaban J connectivity index is 2.18. The van der Waals surface area contributed by atoms with Gasteiger partial charge >= 0.3 is 5.97 Å². The molecule has 92 valence electrons. The molecular weight excluding hydrogens is 236 g/mol. The third-order valence-corrected chi connectivity index (χ3v) is 3.56. The van der Waals surface area contributed by atoms with Gasteiger partial charge in [-0.2, -0.15) is 0 Å². The summed E-state index contributed by atoms with van der Waals surface area (Å²) in [5.41, 5.74) is 3.79. The van der Waals surface area contributed by atoms with Crippen molar-refractivity contribution in [2.24, 2.45) is 0 Å². The van der Waals surface area contributed by atoms with E-state index in [2.05, 4.69) is 0 Å². The highest BCUT2D eigenvalue weighted by atomic mass is 32.2. The molecule has 0 spiro atoms. The average Bonchev–Trinajstić information content (AvgIpc) is 2.68. The number of ether oxygens (including phenoxy) is 1. The Morgan fingerprint density at radius 3 is 2.53 bits per heavy atom. The molecule has 1 fully saturated rings. The maximum absolute atomic E-state index is 12.1. The van der Waals surface area contributed by atoms with Crippen molar-refractivity contribution >= 4 is 18.0 Å². The zero-order valence-corrected chi connectivity index (χ0v) is 11.1. The highest BCUT2D eigenvalue weighted by molar-refractivity contribution is 7.94. The van der Waals surface area contributed by atoms with Crippen molar-refractivity contribution in [2.75, 3.05) is 12.4 Å². The molecule has 1 aliphatic heterocycles. The van der Waals surface area contributed by atoms with Crippen LogP contribution < -0.4 is 0 Å². The van der Waals surface area contributed by atoms with Gasteiger partial charge in [-0.25, -0.2) is 4.79 Å². The highest BCUT2D eigenvalue weighted by Gasteiger charge is 2.23. The molecule has 0 aromatic heterocycles. The smallest absolute Gasteiger partial charge is 0.339 e. The topological polar surface area (TPSA) is 35.5 Å². The number of benzene rings is 1. The minimum absolute atomic E-state index is 0.118. The fraction of sp³-hybridized carbons (Fsp3) is 0.462. The summed E-state index contributed by atoms with van der Waals surface area (Å²) >= 11 is 1.35. The first-order valence-electron chi connectivity index (χ1n) is 5.61. The summed E-state index contributed by atoms with van der Waals surface area (Å²) in [6, 6.07) is 4.01. The van der Waals surface area contributed by atoms with Crippen molar-refractivity contribution in [1.82, 2.24) is 0 Å². The summed E-state index contributed by atoms with van der Waals surface area (Å²) in [4.78, 5) is 12.1. The van der Waals surface area contributed by atoms with Gasteiger partial charge in [0.15, 0.2) is 0 Å². The summed E-state index contributed by atoms with van der Waals surface area (Å²) in [5, 5.41) is 0. The van der Waals surface area contributed by atoms with Crippen LogP contribution in [0.15, 0.2) is 12.1 Å². The normalized spacial score (nSPS) is 19.4. The summed E-state index contributed by atoms with van der Waals surface area (Å²) in [5.74, 6) is 0.478. The van der Waals surface area contributed by atoms with E-state index in [0.717, 1.165) is 22.4 Å². The van der Waals surface area contributed by atoms with E-state index in [4.69, 9.17) is 8.92 Å². The molecule has 1 aliphatic rings. The molecule has 1 atom stereocenters. The van der Waals surface area contributed by atoms with E-state index in [1.54, 1.807) is 0 Å². The molecule has 0 aliphatic carbocycles. The molecule has 0 bridgehead atoms. The third-order valence-electron chi connectivity index (χ3n) is 2.75. The molecule has 0 saturated carbocycles. The van der Waals surface area contributed by atoms with Crippen molar-refractivity contribution in [3.05, 3.63) is 34.4 Å². The Kier molecular flexibility index (Phi) is 3.74. The molecule has 4 heteroatoms. The number of hydrogen-bond acceptors (Lipinski definition) is 4. The standard InChI is InChI=1S/C13H16O3S/c1-8-4-9(2)12(10(3)5-8)13(14)16-11-6-15-17-7-11/h4-5,11H,6-7H2,1-3H3. The Bertz CT molecular complexity index is 413. The maximum atomic E-state index is 12.1. The Morgan fingerprint density at radius 1 is 1.35 bits per heavy atom. The van der Waals surface area contributed by atoms with Crippen LogP contribution in [0.2, 0.25) is 0 Å². The largest absolute Gasteiger partial charge is 0.455 e. The predicted octanol–water partition coefficient (Wildman–Crippen LogP) is 2.82. The first-order chi connectivity index (χ1) is 8.08. The summed E-state index contributed by atoms with van der Waals surface area (Å²) < 4.78 is 10.5. The van der Waals surface area contributed by atoms with Crippen LogP contribution in [0.25, 0.3) is 0 Å². The van der Waals surface area contributed by atoms with E-state index in [9.17, 15) is 4.79 Å². The second-order valence-electron chi connectivity index (χ2n) is 4.37. The number of carbonyl (C=O) groups excluding carboxylic acids is 1. The average molecular weight is 252 g/mol. The van der Waals surface area contributed by atoms with Crippen molar-refractivity contribution in [2.45, 2.75) is 26.9 Å². The van der Waals surface area contributed by atoms with Gasteiger partial charge in [0.05, 0.1) is 17.9 Å². The van der Waals surface area contributed by atoms with Crippen LogP contribution in [0.5, 0.6) is 0 Å². The summed E-state index contributed by atoms with van der Waals surface area (Å²) in [6.07, 6.45) is -0.118. The van der Waals surface area contributed by atoms with E-state index in [1.807, 2.05) is 32.9 Å². The minimum atomic E-state index is -0.240. The van der Waals surface area contributed by atoms with Crippen LogP contribution in [0.3, 0.4) is 0 Å². The molecule has 1 saturated heterocycles. The fourth-order valence-electron chi connectivity index (χ4n) is 2.08. The molecule has 1 aromatic rings. The number of esters is 1. The fourth-order valence-corrected chi connectivity index (χ4v) is 2.74. The minimum Gasteiger partial charge on any atom is -0.455 e. The van der Waals surface area contributed by atoms with E-state index in [1.165, 1.54) is 12.0 Å². The maximum Gasteiger partial charge on any atom is 0.339 e. The lowest BCUT2D eigenvalue weighted by atomic mass is 10.00. The van der Waals surface area contributed by atoms with Crippen LogP contribution in [0.4, 0.5) is 0 Å². The number of aryl methyl sites for hydroxylation is 3. The van der Waals surface area contributed by atoms with Crippen molar-refractivity contribution in [1.29, 1.82) is 0 Å². The number of rotatable bonds is 2. The predicted molar refractivity (Wildman–Crippen MR) is 68.3 cm³/mol. The van der Waals surface area contributed by atoms with Crippen LogP contribution in [0.1, 0.15) is 27.0 Å². The molecule has 0 amide bonds. The molecule has 17 heavy (non-hydrogen) atoms. The monoisotopic (exact) mass is 252 g/mol. The van der Waals surface area contributed by atoms with Gasteiger partial charge in [0.1, 0.15) is 6.10 Å². The number of hydrogen-bond donors (Lipinski definition) is 0. The molecule has 3 nitrogen and oxygen atoms in total. The van der Waals surface area contributed by atoms with E-state index >= 15 is 0 Å². The van der Waals surface area contributed by atoms with Crippen molar-refractivity contribution < 1.29 is 13.7 Å². The SMILES string of the molecule is Cc1cc(C)c(C(=O)OC2COSC2)c(C)c1. The van der Waals surface area contributed by atoms with Crippen molar-refractivity contribution in [3.8, 4) is 0 Å². The van der Waals surface area contributed by atoms with Crippen molar-refractivity contribution in [3.63, 3.8) is 0 Å². The molecule has 0 N–H and O–H groups in total. The van der Waals surface area contributed by atoms with Gasteiger partial charge in [-0.05, 0) is 43.9 Å². The van der Waals surface area contributed by atoms with Gasteiger partial charge in [-0.15, -0.1) is 0 Å².